The van der Waals surface area contributed by atoms with Gasteiger partial charge in [-0.1, -0.05) is 19.9 Å². The number of pyridine rings is 1. The molecule has 0 amide bonds. The molecule has 2 N–H and O–H groups in total. The molecule has 2 rings (SSSR count). The average Bonchev–Trinajstić information content (AvgIpc) is 2.35. The van der Waals surface area contributed by atoms with Gasteiger partial charge in [0, 0.05) is 27.6 Å². The van der Waals surface area contributed by atoms with Gasteiger partial charge in [-0.25, -0.2) is 0 Å². The number of fused-ring (bicyclic) bond motifs is 1. The number of benzene rings is 1. The molecule has 0 aliphatic rings. The lowest BCUT2D eigenvalue weighted by atomic mass is 9.70. The number of rotatable bonds is 3. The molecule has 0 fully saturated rings. The number of carbonyl (C=O) groups is 1. The Morgan fingerprint density at radius 3 is 2.35 bits per heavy atom. The third-order valence-electron chi connectivity index (χ3n) is 4.27. The molecule has 0 aliphatic heterocycles. The van der Waals surface area contributed by atoms with E-state index in [0.717, 1.165) is 16.6 Å². The molecule has 0 unspecified atom stereocenters. The van der Waals surface area contributed by atoms with Gasteiger partial charge in [-0.15, -0.1) is 0 Å². The Morgan fingerprint density at radius 2 is 1.75 bits per heavy atom. The third kappa shape index (κ3) is 2.46. The predicted molar refractivity (Wildman–Crippen MR) is 82.9 cm³/mol. The van der Waals surface area contributed by atoms with Crippen LogP contribution in [0, 0.1) is 12.3 Å². The van der Waals surface area contributed by atoms with Crippen molar-refractivity contribution in [2.45, 2.75) is 40.2 Å². The highest BCUT2D eigenvalue weighted by atomic mass is 16.1. The maximum absolute atomic E-state index is 12.7. The van der Waals surface area contributed by atoms with Gasteiger partial charge in [0.15, 0.2) is 5.78 Å². The monoisotopic (exact) mass is 270 g/mol. The molecule has 0 spiro atoms. The topological polar surface area (TPSA) is 56.0 Å². The largest absolute Gasteiger partial charge is 0.325 e. The maximum atomic E-state index is 12.7. The second-order valence-corrected chi connectivity index (χ2v) is 6.54. The van der Waals surface area contributed by atoms with E-state index < -0.39 is 11.0 Å². The minimum atomic E-state index is -0.626. The lowest BCUT2D eigenvalue weighted by molar-refractivity contribution is 0.0735. The highest BCUT2D eigenvalue weighted by Crippen LogP contribution is 2.33. The summed E-state index contributed by atoms with van der Waals surface area (Å²) in [5.41, 5.74) is 7.51. The molecule has 1 heterocycles. The van der Waals surface area contributed by atoms with E-state index >= 15 is 0 Å². The lowest BCUT2D eigenvalue weighted by Gasteiger charge is -2.37. The quantitative estimate of drug-likeness (QED) is 0.869. The summed E-state index contributed by atoms with van der Waals surface area (Å²) in [6.45, 7) is 9.52. The maximum Gasteiger partial charge on any atom is 0.170 e. The van der Waals surface area contributed by atoms with Crippen molar-refractivity contribution in [3.05, 3.63) is 41.6 Å². The molecule has 1 aromatic carbocycles. The van der Waals surface area contributed by atoms with Crippen molar-refractivity contribution in [1.82, 2.24) is 4.98 Å². The zero-order valence-corrected chi connectivity index (χ0v) is 12.8. The van der Waals surface area contributed by atoms with Crippen LogP contribution in [0.1, 0.15) is 43.7 Å². The van der Waals surface area contributed by atoms with Crippen molar-refractivity contribution < 1.29 is 4.79 Å². The van der Waals surface area contributed by atoms with Crippen LogP contribution in [0.4, 0.5) is 0 Å². The van der Waals surface area contributed by atoms with Crippen molar-refractivity contribution in [2.75, 3.05) is 0 Å². The second kappa shape index (κ2) is 4.67. The molecule has 0 bridgehead atoms. The number of aryl methyl sites for hydroxylation is 1. The first kappa shape index (κ1) is 14.7. The van der Waals surface area contributed by atoms with Crippen LogP contribution in [0.2, 0.25) is 0 Å². The van der Waals surface area contributed by atoms with Crippen LogP contribution in [0.3, 0.4) is 0 Å². The molecule has 0 atom stereocenters. The Hall–Kier alpha value is -1.74. The molecule has 0 saturated heterocycles. The van der Waals surface area contributed by atoms with Gasteiger partial charge in [-0.05, 0) is 45.0 Å². The molecular formula is C17H22N2O. The van der Waals surface area contributed by atoms with Gasteiger partial charge in [-0.3, -0.25) is 9.78 Å². The zero-order chi connectivity index (χ0) is 15.1. The van der Waals surface area contributed by atoms with E-state index in [-0.39, 0.29) is 5.78 Å². The van der Waals surface area contributed by atoms with E-state index in [1.165, 1.54) is 0 Å². The van der Waals surface area contributed by atoms with E-state index in [9.17, 15) is 4.79 Å². The van der Waals surface area contributed by atoms with Crippen molar-refractivity contribution in [1.29, 1.82) is 0 Å². The number of ketones is 1. The van der Waals surface area contributed by atoms with Crippen LogP contribution in [0.25, 0.3) is 10.9 Å². The molecular weight excluding hydrogens is 248 g/mol. The van der Waals surface area contributed by atoms with Crippen LogP contribution >= 0.6 is 0 Å². The Balaban J connectivity index is 2.49. The van der Waals surface area contributed by atoms with E-state index in [4.69, 9.17) is 5.73 Å². The van der Waals surface area contributed by atoms with Crippen molar-refractivity contribution in [2.24, 2.45) is 11.1 Å². The minimum absolute atomic E-state index is 0.0625. The van der Waals surface area contributed by atoms with Crippen LogP contribution in [0.15, 0.2) is 30.3 Å². The Labute approximate surface area is 120 Å². The first-order chi connectivity index (χ1) is 9.13. The smallest absolute Gasteiger partial charge is 0.170 e. The molecule has 0 aliphatic carbocycles. The Bertz CT molecular complexity index is 666. The highest BCUT2D eigenvalue weighted by Gasteiger charge is 2.40. The van der Waals surface area contributed by atoms with E-state index in [1.54, 1.807) is 0 Å². The van der Waals surface area contributed by atoms with Gasteiger partial charge < -0.3 is 5.73 Å². The Kier molecular flexibility index (Phi) is 3.42. The fourth-order valence-corrected chi connectivity index (χ4v) is 2.02. The number of hydrogen-bond donors (Lipinski definition) is 1. The summed E-state index contributed by atoms with van der Waals surface area (Å²) in [6, 6.07) is 9.58. The molecule has 0 saturated carbocycles. The molecule has 3 nitrogen and oxygen atoms in total. The van der Waals surface area contributed by atoms with Crippen LogP contribution in [0.5, 0.6) is 0 Å². The molecule has 0 radical (unpaired) electrons. The highest BCUT2D eigenvalue weighted by molar-refractivity contribution is 6.03. The number of aromatic nitrogens is 1. The molecule has 3 heteroatoms. The predicted octanol–water partition coefficient (Wildman–Crippen LogP) is 3.49. The van der Waals surface area contributed by atoms with Crippen LogP contribution < -0.4 is 5.73 Å². The number of carbonyl (C=O) groups excluding carboxylic acids is 1. The summed E-state index contributed by atoms with van der Waals surface area (Å²) < 4.78 is 0. The van der Waals surface area contributed by atoms with E-state index in [0.29, 0.717) is 5.56 Å². The van der Waals surface area contributed by atoms with E-state index in [2.05, 4.69) is 4.98 Å². The summed E-state index contributed by atoms with van der Waals surface area (Å²) >= 11 is 0. The second-order valence-electron chi connectivity index (χ2n) is 6.54. The Morgan fingerprint density at radius 1 is 1.10 bits per heavy atom. The molecule has 106 valence electrons. The molecule has 20 heavy (non-hydrogen) atoms. The van der Waals surface area contributed by atoms with Gasteiger partial charge in [0.05, 0.1) is 5.52 Å². The minimum Gasteiger partial charge on any atom is -0.325 e. The standard InChI is InChI=1S/C17H22N2O/c1-11-6-7-12-10-13(8-9-14(12)19-11)15(20)16(2,3)17(4,5)18/h6-10H,18H2,1-5H3. The summed E-state index contributed by atoms with van der Waals surface area (Å²) in [6.07, 6.45) is 0. The summed E-state index contributed by atoms with van der Waals surface area (Å²) in [4.78, 5) is 17.2. The summed E-state index contributed by atoms with van der Waals surface area (Å²) in [5, 5.41) is 0.979. The molecule has 2 aromatic rings. The van der Waals surface area contributed by atoms with E-state index in [1.807, 2.05) is 65.0 Å². The average molecular weight is 270 g/mol. The van der Waals surface area contributed by atoms with Gasteiger partial charge in [-0.2, -0.15) is 0 Å². The fraction of sp³-hybridized carbons (Fsp3) is 0.412. The molecule has 1 aromatic heterocycles. The lowest BCUT2D eigenvalue weighted by Crippen LogP contribution is -2.51. The van der Waals surface area contributed by atoms with Gasteiger partial charge in [0.2, 0.25) is 0 Å². The SMILES string of the molecule is Cc1ccc2cc(C(=O)C(C)(C)C(C)(C)N)ccc2n1. The first-order valence-corrected chi connectivity index (χ1v) is 6.84. The zero-order valence-electron chi connectivity index (χ0n) is 12.8. The number of hydrogen-bond acceptors (Lipinski definition) is 3. The summed E-state index contributed by atoms with van der Waals surface area (Å²) in [7, 11) is 0. The van der Waals surface area contributed by atoms with Gasteiger partial charge in [0.1, 0.15) is 0 Å². The van der Waals surface area contributed by atoms with Crippen LogP contribution in [-0.4, -0.2) is 16.3 Å². The van der Waals surface area contributed by atoms with Gasteiger partial charge >= 0.3 is 0 Å². The normalized spacial score (nSPS) is 12.7. The third-order valence-corrected chi connectivity index (χ3v) is 4.27. The number of Topliss-reactive ketones (excluding diaryl/α,β-unsaturated/α-hetero) is 1. The number of nitrogens with zero attached hydrogens (tertiary/aromatic N) is 1. The van der Waals surface area contributed by atoms with Crippen LogP contribution in [-0.2, 0) is 0 Å². The first-order valence-electron chi connectivity index (χ1n) is 6.84. The van der Waals surface area contributed by atoms with Crippen molar-refractivity contribution in [3.8, 4) is 0 Å². The number of nitrogens with two attached hydrogens (primary N) is 1. The van der Waals surface area contributed by atoms with Crippen molar-refractivity contribution >= 4 is 16.7 Å². The fourth-order valence-electron chi connectivity index (χ4n) is 2.02. The van der Waals surface area contributed by atoms with Crippen molar-refractivity contribution in [3.63, 3.8) is 0 Å². The summed E-state index contributed by atoms with van der Waals surface area (Å²) in [5.74, 6) is 0.0625. The van der Waals surface area contributed by atoms with Gasteiger partial charge in [0.25, 0.3) is 0 Å².